The number of ketones is 1. The minimum Gasteiger partial charge on any atom is -0.382 e. The highest BCUT2D eigenvalue weighted by Crippen LogP contribution is 2.46. The number of nitrogens with two attached hydrogens (primary N) is 1. The van der Waals surface area contributed by atoms with E-state index in [9.17, 15) is 9.59 Å². The van der Waals surface area contributed by atoms with Crippen LogP contribution in [0.3, 0.4) is 0 Å². The van der Waals surface area contributed by atoms with Crippen LogP contribution >= 0.6 is 0 Å². The Kier molecular flexibility index (Phi) is 2.69. The first kappa shape index (κ1) is 12.6. The van der Waals surface area contributed by atoms with E-state index in [-0.39, 0.29) is 11.3 Å². The van der Waals surface area contributed by atoms with Gasteiger partial charge >= 0.3 is 0 Å². The van der Waals surface area contributed by atoms with Crippen LogP contribution in [-0.4, -0.2) is 17.2 Å². The van der Waals surface area contributed by atoms with E-state index < -0.39 is 11.3 Å². The summed E-state index contributed by atoms with van der Waals surface area (Å²) in [5.74, 6) is -0.463. The van der Waals surface area contributed by atoms with Crippen molar-refractivity contribution < 1.29 is 9.59 Å². The highest BCUT2D eigenvalue weighted by atomic mass is 16.1. The summed E-state index contributed by atoms with van der Waals surface area (Å²) in [5.41, 5.74) is 6.17. The van der Waals surface area contributed by atoms with Crippen molar-refractivity contribution in [3.8, 4) is 0 Å². The maximum absolute atomic E-state index is 11.5. The Hall–Kier alpha value is -1.84. The zero-order valence-electron chi connectivity index (χ0n) is 10.9. The minimum atomic E-state index is -0.481. The van der Waals surface area contributed by atoms with Crippen molar-refractivity contribution >= 4 is 11.7 Å². The molecule has 18 heavy (non-hydrogen) atoms. The standard InChI is InChI=1S/C14H18N2O2/c1-9-7-14(5-4-10(9)17)8-13(2,3)16-11(14)6-12(15)18/h4-7,16H,8H2,1-3H3,(H2,15,18)/b11-6-/t14-/m0/s1. The first-order valence-electron chi connectivity index (χ1n) is 5.97. The van der Waals surface area contributed by atoms with Crippen LogP contribution in [0.15, 0.2) is 35.6 Å². The van der Waals surface area contributed by atoms with Crippen molar-refractivity contribution in [1.82, 2.24) is 5.32 Å². The van der Waals surface area contributed by atoms with E-state index in [0.29, 0.717) is 5.57 Å². The molecule has 0 aromatic rings. The number of nitrogens with one attached hydrogen (secondary N) is 1. The molecule has 0 radical (unpaired) electrons. The van der Waals surface area contributed by atoms with E-state index in [1.807, 2.05) is 12.2 Å². The summed E-state index contributed by atoms with van der Waals surface area (Å²) in [6.07, 6.45) is 7.57. The smallest absolute Gasteiger partial charge is 0.243 e. The number of hydrogen-bond donors (Lipinski definition) is 2. The van der Waals surface area contributed by atoms with Crippen molar-refractivity contribution in [2.75, 3.05) is 0 Å². The summed E-state index contributed by atoms with van der Waals surface area (Å²) in [6, 6.07) is 0. The van der Waals surface area contributed by atoms with E-state index in [1.165, 1.54) is 6.08 Å². The van der Waals surface area contributed by atoms with Crippen LogP contribution in [0.4, 0.5) is 0 Å². The van der Waals surface area contributed by atoms with Crippen LogP contribution in [0.25, 0.3) is 0 Å². The number of allylic oxidation sites excluding steroid dienone is 3. The van der Waals surface area contributed by atoms with Gasteiger partial charge in [-0.05, 0) is 38.8 Å². The molecule has 1 amide bonds. The number of rotatable bonds is 1. The molecule has 96 valence electrons. The van der Waals surface area contributed by atoms with Gasteiger partial charge in [-0.1, -0.05) is 12.2 Å². The fourth-order valence-corrected chi connectivity index (χ4v) is 2.80. The lowest BCUT2D eigenvalue weighted by Crippen LogP contribution is -2.31. The number of carbonyl (C=O) groups excluding carboxylic acids is 2. The largest absolute Gasteiger partial charge is 0.382 e. The molecular weight excluding hydrogens is 228 g/mol. The summed E-state index contributed by atoms with van der Waals surface area (Å²) in [7, 11) is 0. The highest BCUT2D eigenvalue weighted by molar-refractivity contribution is 6.05. The summed E-state index contributed by atoms with van der Waals surface area (Å²) >= 11 is 0. The molecule has 0 bridgehead atoms. The SMILES string of the molecule is CC1=C[C@@]2(C=CC1=O)CC(C)(C)N/C2=C\C(N)=O. The normalized spacial score (nSPS) is 31.6. The summed E-state index contributed by atoms with van der Waals surface area (Å²) < 4.78 is 0. The monoisotopic (exact) mass is 246 g/mol. The molecule has 1 aliphatic heterocycles. The van der Waals surface area contributed by atoms with Crippen LogP contribution in [0, 0.1) is 5.41 Å². The molecule has 1 saturated heterocycles. The van der Waals surface area contributed by atoms with Gasteiger partial charge in [-0.3, -0.25) is 9.59 Å². The van der Waals surface area contributed by atoms with Crippen molar-refractivity contribution in [3.05, 3.63) is 35.6 Å². The van der Waals surface area contributed by atoms with Gasteiger partial charge in [-0.15, -0.1) is 0 Å². The zero-order chi connectivity index (χ0) is 13.6. The van der Waals surface area contributed by atoms with E-state index >= 15 is 0 Å². The van der Waals surface area contributed by atoms with E-state index in [1.54, 1.807) is 13.0 Å². The third-order valence-corrected chi connectivity index (χ3v) is 3.39. The third-order valence-electron chi connectivity index (χ3n) is 3.39. The molecule has 2 aliphatic rings. The second-order valence-corrected chi connectivity index (χ2v) is 5.71. The van der Waals surface area contributed by atoms with Crippen LogP contribution in [0.1, 0.15) is 27.2 Å². The van der Waals surface area contributed by atoms with Crippen LogP contribution in [0.5, 0.6) is 0 Å². The van der Waals surface area contributed by atoms with Crippen LogP contribution in [0.2, 0.25) is 0 Å². The molecule has 4 nitrogen and oxygen atoms in total. The van der Waals surface area contributed by atoms with Crippen molar-refractivity contribution in [2.45, 2.75) is 32.7 Å². The van der Waals surface area contributed by atoms with Gasteiger partial charge in [0.15, 0.2) is 5.78 Å². The average molecular weight is 246 g/mol. The molecule has 0 aromatic carbocycles. The predicted octanol–water partition coefficient (Wildman–Crippen LogP) is 1.20. The quantitative estimate of drug-likeness (QED) is 0.683. The maximum Gasteiger partial charge on any atom is 0.243 e. The first-order valence-corrected chi connectivity index (χ1v) is 5.97. The average Bonchev–Trinajstić information content (AvgIpc) is 2.43. The van der Waals surface area contributed by atoms with Crippen LogP contribution < -0.4 is 11.1 Å². The predicted molar refractivity (Wildman–Crippen MR) is 69.4 cm³/mol. The Bertz CT molecular complexity index is 512. The molecule has 0 saturated carbocycles. The van der Waals surface area contributed by atoms with Crippen molar-refractivity contribution in [1.29, 1.82) is 0 Å². The Labute approximate surface area is 107 Å². The second kappa shape index (κ2) is 3.83. The molecule has 4 heteroatoms. The summed E-state index contributed by atoms with van der Waals surface area (Å²) in [4.78, 5) is 22.7. The lowest BCUT2D eigenvalue weighted by Gasteiger charge is -2.26. The van der Waals surface area contributed by atoms with Gasteiger partial charge in [0.25, 0.3) is 0 Å². The first-order chi connectivity index (χ1) is 8.24. The number of hydrogen-bond acceptors (Lipinski definition) is 3. The fourth-order valence-electron chi connectivity index (χ4n) is 2.80. The Morgan fingerprint density at radius 3 is 2.72 bits per heavy atom. The number of primary amides is 1. The minimum absolute atomic E-state index is 0.0174. The number of carbonyl (C=O) groups is 2. The van der Waals surface area contributed by atoms with Gasteiger partial charge < -0.3 is 11.1 Å². The van der Waals surface area contributed by atoms with Gasteiger partial charge in [0.2, 0.25) is 5.91 Å². The Balaban J connectivity index is 2.51. The third kappa shape index (κ3) is 2.10. The number of amides is 1. The van der Waals surface area contributed by atoms with E-state index in [4.69, 9.17) is 5.73 Å². The summed E-state index contributed by atoms with van der Waals surface area (Å²) in [6.45, 7) is 5.91. The molecule has 3 N–H and O–H groups in total. The second-order valence-electron chi connectivity index (χ2n) is 5.71. The maximum atomic E-state index is 11.5. The molecule has 1 atom stereocenters. The van der Waals surface area contributed by atoms with Crippen LogP contribution in [-0.2, 0) is 9.59 Å². The Morgan fingerprint density at radius 2 is 2.17 bits per heavy atom. The lowest BCUT2D eigenvalue weighted by molar-refractivity contribution is -0.113. The molecule has 2 rings (SSSR count). The van der Waals surface area contributed by atoms with E-state index in [0.717, 1.165) is 12.1 Å². The van der Waals surface area contributed by atoms with Gasteiger partial charge in [-0.2, -0.15) is 0 Å². The molecule has 1 heterocycles. The van der Waals surface area contributed by atoms with Crippen molar-refractivity contribution in [3.63, 3.8) is 0 Å². The molecule has 1 fully saturated rings. The molecule has 1 aliphatic carbocycles. The lowest BCUT2D eigenvalue weighted by atomic mass is 9.75. The molecule has 0 unspecified atom stereocenters. The molecular formula is C14H18N2O2. The van der Waals surface area contributed by atoms with Gasteiger partial charge in [0.05, 0.1) is 0 Å². The summed E-state index contributed by atoms with van der Waals surface area (Å²) in [5, 5.41) is 3.31. The van der Waals surface area contributed by atoms with Crippen molar-refractivity contribution in [2.24, 2.45) is 11.1 Å². The Morgan fingerprint density at radius 1 is 1.50 bits per heavy atom. The van der Waals surface area contributed by atoms with Gasteiger partial charge in [0, 0.05) is 22.7 Å². The fraction of sp³-hybridized carbons (Fsp3) is 0.429. The zero-order valence-corrected chi connectivity index (χ0v) is 10.9. The van der Waals surface area contributed by atoms with Gasteiger partial charge in [0.1, 0.15) is 0 Å². The highest BCUT2D eigenvalue weighted by Gasteiger charge is 2.45. The van der Waals surface area contributed by atoms with Gasteiger partial charge in [-0.25, -0.2) is 0 Å². The molecule has 0 aromatic heterocycles. The van der Waals surface area contributed by atoms with E-state index in [2.05, 4.69) is 19.2 Å². The topological polar surface area (TPSA) is 72.2 Å². The molecule has 1 spiro atoms.